The van der Waals surface area contributed by atoms with E-state index in [1.165, 1.54) is 5.56 Å². The van der Waals surface area contributed by atoms with Crippen molar-refractivity contribution >= 4 is 23.1 Å². The van der Waals surface area contributed by atoms with Gasteiger partial charge in [-0.2, -0.15) is 10.1 Å². The van der Waals surface area contributed by atoms with E-state index in [2.05, 4.69) is 39.6 Å². The highest BCUT2D eigenvalue weighted by molar-refractivity contribution is 7.78. The number of isothiocyanates is 1. The lowest BCUT2D eigenvalue weighted by molar-refractivity contribution is 0.659. The van der Waals surface area contributed by atoms with E-state index in [9.17, 15) is 0 Å². The van der Waals surface area contributed by atoms with Crippen LogP contribution in [0, 0.1) is 13.8 Å². The fourth-order valence-electron chi connectivity index (χ4n) is 1.81. The lowest BCUT2D eigenvalue weighted by Gasteiger charge is -2.03. The summed E-state index contributed by atoms with van der Waals surface area (Å²) < 4.78 is 1.94. The first-order chi connectivity index (χ1) is 8.22. The quantitative estimate of drug-likeness (QED) is 0.611. The second-order valence-electron chi connectivity index (χ2n) is 3.87. The molecule has 0 saturated carbocycles. The molecule has 17 heavy (non-hydrogen) atoms. The van der Waals surface area contributed by atoms with Crippen molar-refractivity contribution < 1.29 is 0 Å². The molecule has 0 spiro atoms. The third-order valence-electron chi connectivity index (χ3n) is 2.68. The lowest BCUT2D eigenvalue weighted by atomic mass is 10.2. The van der Waals surface area contributed by atoms with Gasteiger partial charge in [-0.1, -0.05) is 30.3 Å². The highest BCUT2D eigenvalue weighted by Gasteiger charge is 2.10. The predicted molar refractivity (Wildman–Crippen MR) is 71.9 cm³/mol. The van der Waals surface area contributed by atoms with Gasteiger partial charge in [-0.05, 0) is 31.6 Å². The van der Waals surface area contributed by atoms with Crippen LogP contribution in [0.2, 0.25) is 0 Å². The molecule has 1 aromatic carbocycles. The number of aromatic nitrogens is 2. The van der Waals surface area contributed by atoms with Gasteiger partial charge in [0, 0.05) is 0 Å². The molecule has 0 N–H and O–H groups in total. The van der Waals surface area contributed by atoms with Crippen LogP contribution in [-0.2, 0) is 6.54 Å². The molecule has 0 unspecified atom stereocenters. The molecule has 0 radical (unpaired) electrons. The third-order valence-corrected chi connectivity index (χ3v) is 2.77. The van der Waals surface area contributed by atoms with Gasteiger partial charge >= 0.3 is 0 Å². The zero-order valence-corrected chi connectivity index (χ0v) is 10.7. The summed E-state index contributed by atoms with van der Waals surface area (Å²) in [6, 6.07) is 10.2. The first-order valence-electron chi connectivity index (χ1n) is 5.38. The van der Waals surface area contributed by atoms with Crippen molar-refractivity contribution in [1.82, 2.24) is 9.78 Å². The molecular weight excluding hydrogens is 230 g/mol. The summed E-state index contributed by atoms with van der Waals surface area (Å²) in [5, 5.41) is 6.86. The Kier molecular flexibility index (Phi) is 3.47. The maximum absolute atomic E-state index is 4.64. The second-order valence-corrected chi connectivity index (χ2v) is 4.05. The maximum atomic E-state index is 4.64. The van der Waals surface area contributed by atoms with Gasteiger partial charge < -0.3 is 0 Å². The largest absolute Gasteiger partial charge is 0.263 e. The Balaban J connectivity index is 2.35. The van der Waals surface area contributed by atoms with Crippen LogP contribution in [-0.4, -0.2) is 14.9 Å². The number of thiocarbonyl (C=S) groups is 1. The first-order valence-corrected chi connectivity index (χ1v) is 5.79. The summed E-state index contributed by atoms with van der Waals surface area (Å²) in [5.74, 6) is 0. The van der Waals surface area contributed by atoms with Crippen molar-refractivity contribution in [1.29, 1.82) is 0 Å². The molecule has 2 aromatic rings. The Morgan fingerprint density at radius 1 is 1.29 bits per heavy atom. The normalized spacial score (nSPS) is 10.0. The average molecular weight is 243 g/mol. The molecule has 1 aromatic heterocycles. The van der Waals surface area contributed by atoms with Crippen molar-refractivity contribution in [3.05, 3.63) is 47.3 Å². The second kappa shape index (κ2) is 5.04. The summed E-state index contributed by atoms with van der Waals surface area (Å²) in [6.07, 6.45) is 0. The van der Waals surface area contributed by atoms with Crippen LogP contribution in [0.25, 0.3) is 0 Å². The molecule has 0 aliphatic carbocycles. The zero-order valence-electron chi connectivity index (χ0n) is 9.84. The van der Waals surface area contributed by atoms with Crippen LogP contribution in [0.1, 0.15) is 17.0 Å². The van der Waals surface area contributed by atoms with E-state index in [-0.39, 0.29) is 0 Å². The fourth-order valence-corrected chi connectivity index (χ4v) is 1.90. The van der Waals surface area contributed by atoms with Crippen LogP contribution in [0.5, 0.6) is 0 Å². The summed E-state index contributed by atoms with van der Waals surface area (Å²) in [4.78, 5) is 4.05. The summed E-state index contributed by atoms with van der Waals surface area (Å²) in [5.41, 5.74) is 3.95. The minimum atomic E-state index is 0.750. The van der Waals surface area contributed by atoms with E-state index >= 15 is 0 Å². The Morgan fingerprint density at radius 3 is 2.65 bits per heavy atom. The molecule has 2 rings (SSSR count). The minimum absolute atomic E-state index is 0.750. The molecule has 3 nitrogen and oxygen atoms in total. The monoisotopic (exact) mass is 243 g/mol. The summed E-state index contributed by atoms with van der Waals surface area (Å²) in [6.45, 7) is 4.68. The number of hydrogen-bond acceptors (Lipinski definition) is 3. The Bertz CT molecular complexity index is 566. The van der Waals surface area contributed by atoms with E-state index in [1.54, 1.807) is 0 Å². The topological polar surface area (TPSA) is 30.2 Å². The van der Waals surface area contributed by atoms with Gasteiger partial charge in [0.1, 0.15) is 5.69 Å². The van der Waals surface area contributed by atoms with E-state index < -0.39 is 0 Å². The molecule has 0 saturated heterocycles. The molecule has 0 amide bonds. The Labute approximate surface area is 106 Å². The predicted octanol–water partition coefficient (Wildman–Crippen LogP) is 3.28. The fraction of sp³-hybridized carbons (Fsp3) is 0.231. The molecule has 0 fully saturated rings. The van der Waals surface area contributed by atoms with Crippen LogP contribution < -0.4 is 0 Å². The number of aryl methyl sites for hydroxylation is 1. The lowest BCUT2D eigenvalue weighted by Crippen LogP contribution is -2.03. The molecule has 0 aliphatic heterocycles. The van der Waals surface area contributed by atoms with Crippen LogP contribution in [0.4, 0.5) is 5.69 Å². The molecule has 86 valence electrons. The summed E-state index contributed by atoms with van der Waals surface area (Å²) in [7, 11) is 0. The molecular formula is C13H13N3S. The SMILES string of the molecule is Cc1nn(Cc2ccccc2)c(C)c1N=C=S. The average Bonchev–Trinajstić information content (AvgIpc) is 2.59. The first kappa shape index (κ1) is 11.7. The van der Waals surface area contributed by atoms with Gasteiger partial charge in [-0.15, -0.1) is 0 Å². The number of aliphatic imine (C=N–C) groups is 1. The van der Waals surface area contributed by atoms with E-state index in [4.69, 9.17) is 0 Å². The van der Waals surface area contributed by atoms with Gasteiger partial charge in [0.05, 0.1) is 23.1 Å². The Morgan fingerprint density at radius 2 is 2.00 bits per heavy atom. The van der Waals surface area contributed by atoms with E-state index in [1.807, 2.05) is 36.7 Å². The van der Waals surface area contributed by atoms with E-state index in [0.29, 0.717) is 0 Å². The third kappa shape index (κ3) is 2.49. The highest BCUT2D eigenvalue weighted by Crippen LogP contribution is 2.22. The number of rotatable bonds is 3. The van der Waals surface area contributed by atoms with Gasteiger partial charge in [-0.3, -0.25) is 4.68 Å². The number of benzene rings is 1. The molecule has 4 heteroatoms. The molecule has 0 atom stereocenters. The van der Waals surface area contributed by atoms with Crippen molar-refractivity contribution in [2.24, 2.45) is 4.99 Å². The van der Waals surface area contributed by atoms with Crippen LogP contribution in [0.3, 0.4) is 0 Å². The molecule has 1 heterocycles. The minimum Gasteiger partial charge on any atom is -0.263 e. The van der Waals surface area contributed by atoms with Gasteiger partial charge in [-0.25, -0.2) is 0 Å². The number of hydrogen-bond donors (Lipinski definition) is 0. The molecule has 0 aliphatic rings. The smallest absolute Gasteiger partial charge is 0.118 e. The summed E-state index contributed by atoms with van der Waals surface area (Å²) >= 11 is 4.64. The standard InChI is InChI=1S/C13H13N3S/c1-10-13(14-9-17)11(2)16(15-10)8-12-6-4-3-5-7-12/h3-7H,8H2,1-2H3. The van der Waals surface area contributed by atoms with Crippen molar-refractivity contribution in [3.63, 3.8) is 0 Å². The van der Waals surface area contributed by atoms with Gasteiger partial charge in [0.15, 0.2) is 0 Å². The Hall–Kier alpha value is -1.77. The molecule has 0 bridgehead atoms. The number of nitrogens with zero attached hydrogens (tertiary/aromatic N) is 3. The highest BCUT2D eigenvalue weighted by atomic mass is 32.1. The van der Waals surface area contributed by atoms with Crippen LogP contribution >= 0.6 is 12.2 Å². The zero-order chi connectivity index (χ0) is 12.3. The van der Waals surface area contributed by atoms with Gasteiger partial charge in [0.25, 0.3) is 0 Å². The van der Waals surface area contributed by atoms with Crippen molar-refractivity contribution in [2.45, 2.75) is 20.4 Å². The van der Waals surface area contributed by atoms with Crippen molar-refractivity contribution in [3.8, 4) is 0 Å². The van der Waals surface area contributed by atoms with Gasteiger partial charge in [0.2, 0.25) is 0 Å². The maximum Gasteiger partial charge on any atom is 0.118 e. The van der Waals surface area contributed by atoms with Crippen LogP contribution in [0.15, 0.2) is 35.3 Å². The van der Waals surface area contributed by atoms with Crippen molar-refractivity contribution in [2.75, 3.05) is 0 Å². The van der Waals surface area contributed by atoms with E-state index in [0.717, 1.165) is 23.6 Å².